The molecule has 0 radical (unpaired) electrons. The van der Waals surface area contributed by atoms with Crippen LogP contribution < -0.4 is 0 Å². The number of nitrogens with zero attached hydrogens (tertiary/aromatic N) is 3. The summed E-state index contributed by atoms with van der Waals surface area (Å²) in [5.74, 6) is 0. The van der Waals surface area contributed by atoms with Gasteiger partial charge in [-0.05, 0) is 111 Å². The molecule has 0 aliphatic rings. The van der Waals surface area contributed by atoms with Gasteiger partial charge < -0.3 is 23.6 Å². The highest BCUT2D eigenvalue weighted by Crippen LogP contribution is 2.15. The minimum atomic E-state index is -2.05. The van der Waals surface area contributed by atoms with Crippen LogP contribution in [0.15, 0.2) is 0 Å². The van der Waals surface area contributed by atoms with Crippen molar-refractivity contribution in [2.45, 2.75) is 92.7 Å². The Balaban J connectivity index is 4.78. The average molecular weight is 460 g/mol. The van der Waals surface area contributed by atoms with E-state index in [-0.39, 0.29) is 0 Å². The number of rotatable bonds is 23. The smallest absolute Gasteiger partial charge is 0.336 e. The van der Waals surface area contributed by atoms with Gasteiger partial charge in [0.15, 0.2) is 0 Å². The van der Waals surface area contributed by atoms with Crippen molar-refractivity contribution in [1.82, 2.24) is 14.7 Å². The van der Waals surface area contributed by atoms with Crippen molar-refractivity contribution in [3.8, 4) is 0 Å². The normalized spacial score (nSPS) is 12.6. The molecule has 0 saturated carbocycles. The molecule has 0 amide bonds. The first-order chi connectivity index (χ1) is 15.0. The Kier molecular flexibility index (Phi) is 20.6. The van der Waals surface area contributed by atoms with E-state index in [0.29, 0.717) is 0 Å². The van der Waals surface area contributed by atoms with Crippen LogP contribution in [0.3, 0.4) is 0 Å². The molecule has 0 spiro atoms. The van der Waals surface area contributed by atoms with Crippen molar-refractivity contribution < 1.29 is 8.85 Å². The first-order valence-corrected chi connectivity index (χ1v) is 16.0. The van der Waals surface area contributed by atoms with Crippen molar-refractivity contribution in [3.05, 3.63) is 0 Å². The molecule has 0 N–H and O–H groups in total. The first kappa shape index (κ1) is 31.0. The zero-order chi connectivity index (χ0) is 23.4. The summed E-state index contributed by atoms with van der Waals surface area (Å²) in [5.41, 5.74) is 0. The van der Waals surface area contributed by atoms with E-state index in [1.807, 2.05) is 0 Å². The highest BCUT2D eigenvalue weighted by Gasteiger charge is 2.31. The molecule has 0 aliphatic heterocycles. The lowest BCUT2D eigenvalue weighted by Crippen LogP contribution is -2.43. The Morgan fingerprint density at radius 1 is 0.484 bits per heavy atom. The fourth-order valence-electron chi connectivity index (χ4n) is 4.46. The second kappa shape index (κ2) is 20.6. The molecule has 0 aromatic carbocycles. The minimum Gasteiger partial charge on any atom is -0.395 e. The topological polar surface area (TPSA) is 28.2 Å². The van der Waals surface area contributed by atoms with Gasteiger partial charge in [-0.1, -0.05) is 27.7 Å². The van der Waals surface area contributed by atoms with Gasteiger partial charge in [-0.2, -0.15) is 0 Å². The van der Waals surface area contributed by atoms with Crippen LogP contribution in [0.1, 0.15) is 80.1 Å². The molecule has 0 aromatic heterocycles. The van der Waals surface area contributed by atoms with Crippen molar-refractivity contribution in [2.24, 2.45) is 0 Å². The minimum absolute atomic E-state index is 0.759. The van der Waals surface area contributed by atoms with E-state index in [2.05, 4.69) is 62.8 Å². The Morgan fingerprint density at radius 3 is 1.10 bits per heavy atom. The lowest BCUT2D eigenvalue weighted by Gasteiger charge is -2.31. The van der Waals surface area contributed by atoms with Gasteiger partial charge in [0.2, 0.25) is 0 Å². The van der Waals surface area contributed by atoms with Crippen LogP contribution in [0.2, 0.25) is 12.6 Å². The fourth-order valence-corrected chi connectivity index (χ4v) is 6.78. The van der Waals surface area contributed by atoms with E-state index >= 15 is 0 Å². The molecule has 0 fully saturated rings. The molecule has 31 heavy (non-hydrogen) atoms. The third-order valence-corrected chi connectivity index (χ3v) is 8.77. The number of hydrogen-bond donors (Lipinski definition) is 0. The summed E-state index contributed by atoms with van der Waals surface area (Å²) >= 11 is 0. The Hall–Kier alpha value is 0.0169. The van der Waals surface area contributed by atoms with Crippen LogP contribution in [-0.2, 0) is 8.85 Å². The predicted octanol–water partition coefficient (Wildman–Crippen LogP) is 5.46. The zero-order valence-corrected chi connectivity index (χ0v) is 23.4. The second-order valence-corrected chi connectivity index (χ2v) is 12.3. The molecule has 0 aliphatic carbocycles. The molecule has 188 valence electrons. The van der Waals surface area contributed by atoms with Crippen molar-refractivity contribution in [3.63, 3.8) is 0 Å². The zero-order valence-electron chi connectivity index (χ0n) is 22.4. The molecule has 0 unspecified atom stereocenters. The van der Waals surface area contributed by atoms with Crippen molar-refractivity contribution >= 4 is 8.56 Å². The molecule has 0 saturated heterocycles. The van der Waals surface area contributed by atoms with Gasteiger partial charge in [-0.25, -0.2) is 0 Å². The van der Waals surface area contributed by atoms with Gasteiger partial charge >= 0.3 is 8.56 Å². The van der Waals surface area contributed by atoms with E-state index < -0.39 is 8.56 Å². The summed E-state index contributed by atoms with van der Waals surface area (Å²) in [6, 6.07) is 1.07. The standard InChI is InChI=1S/C25H57N3O2Si/c1-8-16-26(17-9-2)20-14-22-28(23-15-21-27(18-10-3)19-11-4)24-25-31(7,29-12-5)30-13-6/h8-25H2,1-7H3. The average Bonchev–Trinajstić information content (AvgIpc) is 2.72. The summed E-state index contributed by atoms with van der Waals surface area (Å²) in [7, 11) is -2.05. The van der Waals surface area contributed by atoms with Gasteiger partial charge in [0.05, 0.1) is 0 Å². The summed E-state index contributed by atoms with van der Waals surface area (Å²) in [5, 5.41) is 0. The van der Waals surface area contributed by atoms with E-state index in [1.165, 1.54) is 90.9 Å². The van der Waals surface area contributed by atoms with Crippen LogP contribution in [-0.4, -0.2) is 95.4 Å². The van der Waals surface area contributed by atoms with Gasteiger partial charge in [-0.3, -0.25) is 0 Å². The van der Waals surface area contributed by atoms with E-state index in [0.717, 1.165) is 25.8 Å². The van der Waals surface area contributed by atoms with Crippen LogP contribution >= 0.6 is 0 Å². The summed E-state index contributed by atoms with van der Waals surface area (Å²) in [6.45, 7) is 28.0. The summed E-state index contributed by atoms with van der Waals surface area (Å²) in [6.07, 6.45) is 7.52. The van der Waals surface area contributed by atoms with Gasteiger partial charge in [0, 0.05) is 25.8 Å². The summed E-state index contributed by atoms with van der Waals surface area (Å²) in [4.78, 5) is 7.97. The summed E-state index contributed by atoms with van der Waals surface area (Å²) < 4.78 is 12.2. The van der Waals surface area contributed by atoms with Gasteiger partial charge in [0.25, 0.3) is 0 Å². The highest BCUT2D eigenvalue weighted by atomic mass is 28.4. The molecule has 0 bridgehead atoms. The quantitative estimate of drug-likeness (QED) is 0.189. The Labute approximate surface area is 197 Å². The van der Waals surface area contributed by atoms with E-state index in [4.69, 9.17) is 8.85 Å². The highest BCUT2D eigenvalue weighted by molar-refractivity contribution is 6.66. The molecular formula is C25H57N3O2Si. The van der Waals surface area contributed by atoms with Gasteiger partial charge in [0.1, 0.15) is 0 Å². The molecule has 0 aromatic rings. The Morgan fingerprint density at radius 2 is 0.806 bits per heavy atom. The molecule has 0 rings (SSSR count). The third kappa shape index (κ3) is 16.3. The molecule has 6 heteroatoms. The van der Waals surface area contributed by atoms with Gasteiger partial charge in [-0.15, -0.1) is 0 Å². The van der Waals surface area contributed by atoms with Crippen molar-refractivity contribution in [1.29, 1.82) is 0 Å². The monoisotopic (exact) mass is 459 g/mol. The molecule has 0 atom stereocenters. The number of hydrogen-bond acceptors (Lipinski definition) is 5. The van der Waals surface area contributed by atoms with E-state index in [9.17, 15) is 0 Å². The lowest BCUT2D eigenvalue weighted by atomic mass is 10.2. The first-order valence-electron chi connectivity index (χ1n) is 13.4. The maximum Gasteiger partial charge on any atom is 0.336 e. The molecule has 5 nitrogen and oxygen atoms in total. The lowest BCUT2D eigenvalue weighted by molar-refractivity contribution is 0.175. The second-order valence-electron chi connectivity index (χ2n) is 8.98. The van der Waals surface area contributed by atoms with Crippen LogP contribution in [0, 0.1) is 0 Å². The largest absolute Gasteiger partial charge is 0.395 e. The van der Waals surface area contributed by atoms with Crippen LogP contribution in [0.4, 0.5) is 0 Å². The van der Waals surface area contributed by atoms with Crippen LogP contribution in [0.25, 0.3) is 0 Å². The molecular weight excluding hydrogens is 402 g/mol. The fraction of sp³-hybridized carbons (Fsp3) is 1.00. The maximum absolute atomic E-state index is 6.11. The molecule has 0 heterocycles. The third-order valence-electron chi connectivity index (χ3n) is 5.84. The Bertz CT molecular complexity index is 348. The predicted molar refractivity (Wildman–Crippen MR) is 139 cm³/mol. The van der Waals surface area contributed by atoms with Crippen molar-refractivity contribution in [2.75, 3.05) is 72.1 Å². The maximum atomic E-state index is 6.11. The van der Waals surface area contributed by atoms with Crippen LogP contribution in [0.5, 0.6) is 0 Å². The SMILES string of the molecule is CCCN(CCC)CCCN(CCCN(CCC)CCC)CC[Si](C)(OCC)OCC. The van der Waals surface area contributed by atoms with E-state index in [1.54, 1.807) is 0 Å².